The third-order valence-corrected chi connectivity index (χ3v) is 3.70. The van der Waals surface area contributed by atoms with Crippen molar-refractivity contribution in [3.05, 3.63) is 53.6 Å². The first-order valence-electron chi connectivity index (χ1n) is 6.82. The highest BCUT2D eigenvalue weighted by atomic mass is 19.1. The van der Waals surface area contributed by atoms with Crippen LogP contribution in [0, 0.1) is 5.82 Å². The highest BCUT2D eigenvalue weighted by Gasteiger charge is 2.21. The Morgan fingerprint density at radius 3 is 3.21 bits per heavy atom. The molecule has 4 heteroatoms. The van der Waals surface area contributed by atoms with Gasteiger partial charge in [0.25, 0.3) is 0 Å². The molecular weight excluding hydrogens is 241 g/mol. The normalized spacial score (nSPS) is 17.6. The summed E-state index contributed by atoms with van der Waals surface area (Å²) in [6.07, 6.45) is 6.88. The molecule has 0 saturated heterocycles. The molecule has 1 atom stereocenters. The standard InChI is InChI=1S/C15H18FN3/c16-13-4-5-14-12(11-13)3-6-15(14)17-7-1-9-19-10-2-8-18-19/h2,4-5,8,10-11,15,17H,1,3,6-7,9H2. The second-order valence-electron chi connectivity index (χ2n) is 5.01. The summed E-state index contributed by atoms with van der Waals surface area (Å²) in [5.74, 6) is -0.127. The fraction of sp³-hybridized carbons (Fsp3) is 0.400. The molecule has 0 radical (unpaired) electrons. The van der Waals surface area contributed by atoms with E-state index < -0.39 is 0 Å². The predicted molar refractivity (Wildman–Crippen MR) is 72.3 cm³/mol. The zero-order chi connectivity index (χ0) is 13.1. The minimum absolute atomic E-state index is 0.127. The Kier molecular flexibility index (Phi) is 3.60. The molecule has 1 unspecified atom stereocenters. The first kappa shape index (κ1) is 12.4. The summed E-state index contributed by atoms with van der Waals surface area (Å²) in [6, 6.07) is 7.47. The van der Waals surface area contributed by atoms with Gasteiger partial charge in [-0.3, -0.25) is 4.68 Å². The molecule has 0 amide bonds. The van der Waals surface area contributed by atoms with Gasteiger partial charge in [0.15, 0.2) is 0 Å². The van der Waals surface area contributed by atoms with Gasteiger partial charge in [-0.25, -0.2) is 4.39 Å². The van der Waals surface area contributed by atoms with Gasteiger partial charge in [-0.1, -0.05) is 6.07 Å². The van der Waals surface area contributed by atoms with Crippen LogP contribution >= 0.6 is 0 Å². The second kappa shape index (κ2) is 5.53. The molecule has 1 aromatic carbocycles. The average Bonchev–Trinajstić information content (AvgIpc) is 3.03. The molecular formula is C15H18FN3. The number of aryl methyl sites for hydroxylation is 2. The van der Waals surface area contributed by atoms with Gasteiger partial charge in [-0.2, -0.15) is 5.10 Å². The largest absolute Gasteiger partial charge is 0.310 e. The first-order valence-corrected chi connectivity index (χ1v) is 6.82. The van der Waals surface area contributed by atoms with Crippen molar-refractivity contribution in [1.29, 1.82) is 0 Å². The number of hydrogen-bond acceptors (Lipinski definition) is 2. The Bertz CT molecular complexity index is 536. The molecule has 0 saturated carbocycles. The Hall–Kier alpha value is -1.68. The zero-order valence-corrected chi connectivity index (χ0v) is 10.8. The molecule has 0 bridgehead atoms. The molecule has 1 aromatic heterocycles. The second-order valence-corrected chi connectivity index (χ2v) is 5.01. The number of nitrogens with zero attached hydrogens (tertiary/aromatic N) is 2. The van der Waals surface area contributed by atoms with Crippen LogP contribution < -0.4 is 5.32 Å². The summed E-state index contributed by atoms with van der Waals surface area (Å²) in [7, 11) is 0. The molecule has 2 aromatic rings. The molecule has 3 rings (SSSR count). The number of halogens is 1. The number of benzene rings is 1. The number of aromatic nitrogens is 2. The predicted octanol–water partition coefficient (Wildman–Crippen LogP) is 2.69. The van der Waals surface area contributed by atoms with Gasteiger partial charge in [0.2, 0.25) is 0 Å². The first-order chi connectivity index (χ1) is 9.33. The third-order valence-electron chi connectivity index (χ3n) is 3.70. The molecule has 100 valence electrons. The smallest absolute Gasteiger partial charge is 0.123 e. The lowest BCUT2D eigenvalue weighted by Gasteiger charge is -2.14. The van der Waals surface area contributed by atoms with E-state index in [0.717, 1.165) is 37.9 Å². The average molecular weight is 259 g/mol. The van der Waals surface area contributed by atoms with Gasteiger partial charge < -0.3 is 5.32 Å². The van der Waals surface area contributed by atoms with Gasteiger partial charge in [0, 0.05) is 25.0 Å². The van der Waals surface area contributed by atoms with Crippen molar-refractivity contribution in [2.24, 2.45) is 0 Å². The van der Waals surface area contributed by atoms with Crippen LogP contribution in [0.4, 0.5) is 4.39 Å². The summed E-state index contributed by atoms with van der Waals surface area (Å²) in [4.78, 5) is 0. The van der Waals surface area contributed by atoms with E-state index in [1.165, 1.54) is 5.56 Å². The van der Waals surface area contributed by atoms with Gasteiger partial charge in [0.05, 0.1) is 0 Å². The lowest BCUT2D eigenvalue weighted by molar-refractivity contribution is 0.486. The topological polar surface area (TPSA) is 29.9 Å². The lowest BCUT2D eigenvalue weighted by Crippen LogP contribution is -2.21. The van der Waals surface area contributed by atoms with Crippen LogP contribution in [-0.4, -0.2) is 16.3 Å². The molecule has 1 aliphatic carbocycles. The Morgan fingerprint density at radius 1 is 1.42 bits per heavy atom. The van der Waals surface area contributed by atoms with Crippen molar-refractivity contribution in [3.63, 3.8) is 0 Å². The van der Waals surface area contributed by atoms with Gasteiger partial charge in [0.1, 0.15) is 5.82 Å². The van der Waals surface area contributed by atoms with Crippen molar-refractivity contribution in [1.82, 2.24) is 15.1 Å². The van der Waals surface area contributed by atoms with Crippen molar-refractivity contribution < 1.29 is 4.39 Å². The fourth-order valence-electron chi connectivity index (χ4n) is 2.75. The van der Waals surface area contributed by atoms with Crippen molar-refractivity contribution in [3.8, 4) is 0 Å². The van der Waals surface area contributed by atoms with Crippen molar-refractivity contribution in [2.45, 2.75) is 31.8 Å². The molecule has 1 N–H and O–H groups in total. The van der Waals surface area contributed by atoms with Crippen molar-refractivity contribution >= 4 is 0 Å². The summed E-state index contributed by atoms with van der Waals surface area (Å²) in [5, 5.41) is 7.73. The minimum atomic E-state index is -0.127. The van der Waals surface area contributed by atoms with E-state index in [-0.39, 0.29) is 5.82 Å². The van der Waals surface area contributed by atoms with Crippen LogP contribution in [0.15, 0.2) is 36.7 Å². The Morgan fingerprint density at radius 2 is 2.37 bits per heavy atom. The SMILES string of the molecule is Fc1ccc2c(c1)CCC2NCCCn1cccn1. The summed E-state index contributed by atoms with van der Waals surface area (Å²) in [6.45, 7) is 1.89. The van der Waals surface area contributed by atoms with Gasteiger partial charge in [-0.15, -0.1) is 0 Å². The summed E-state index contributed by atoms with van der Waals surface area (Å²) in [5.41, 5.74) is 2.42. The molecule has 0 fully saturated rings. The van der Waals surface area contributed by atoms with E-state index in [1.54, 1.807) is 18.3 Å². The Labute approximate surface area is 112 Å². The van der Waals surface area contributed by atoms with E-state index >= 15 is 0 Å². The monoisotopic (exact) mass is 259 g/mol. The van der Waals surface area contributed by atoms with Gasteiger partial charge in [-0.05, 0) is 55.1 Å². The number of rotatable bonds is 5. The molecule has 3 nitrogen and oxygen atoms in total. The Balaban J connectivity index is 1.50. The maximum absolute atomic E-state index is 13.1. The quantitative estimate of drug-likeness (QED) is 0.837. The summed E-state index contributed by atoms with van der Waals surface area (Å²) >= 11 is 0. The fourth-order valence-corrected chi connectivity index (χ4v) is 2.75. The number of hydrogen-bond donors (Lipinski definition) is 1. The molecule has 0 spiro atoms. The van der Waals surface area contributed by atoms with Crippen LogP contribution in [-0.2, 0) is 13.0 Å². The zero-order valence-electron chi connectivity index (χ0n) is 10.8. The van der Waals surface area contributed by atoms with E-state index in [4.69, 9.17) is 0 Å². The summed E-state index contributed by atoms with van der Waals surface area (Å²) < 4.78 is 15.1. The molecule has 19 heavy (non-hydrogen) atoms. The van der Waals surface area contributed by atoms with E-state index in [1.807, 2.05) is 23.0 Å². The third kappa shape index (κ3) is 2.84. The van der Waals surface area contributed by atoms with Crippen molar-refractivity contribution in [2.75, 3.05) is 6.54 Å². The lowest BCUT2D eigenvalue weighted by atomic mass is 10.1. The van der Waals surface area contributed by atoms with Crippen LogP contribution in [0.25, 0.3) is 0 Å². The number of fused-ring (bicyclic) bond motifs is 1. The van der Waals surface area contributed by atoms with Crippen LogP contribution in [0.2, 0.25) is 0 Å². The van der Waals surface area contributed by atoms with Crippen LogP contribution in [0.5, 0.6) is 0 Å². The maximum Gasteiger partial charge on any atom is 0.123 e. The highest BCUT2D eigenvalue weighted by Crippen LogP contribution is 2.31. The van der Waals surface area contributed by atoms with Gasteiger partial charge >= 0.3 is 0 Å². The molecule has 1 aliphatic rings. The minimum Gasteiger partial charge on any atom is -0.310 e. The highest BCUT2D eigenvalue weighted by molar-refractivity contribution is 5.34. The van der Waals surface area contributed by atoms with Crippen LogP contribution in [0.3, 0.4) is 0 Å². The van der Waals surface area contributed by atoms with E-state index in [9.17, 15) is 4.39 Å². The molecule has 0 aliphatic heterocycles. The molecule has 1 heterocycles. The number of nitrogens with one attached hydrogen (secondary N) is 1. The van der Waals surface area contributed by atoms with Crippen LogP contribution in [0.1, 0.15) is 30.0 Å². The van der Waals surface area contributed by atoms with E-state index in [2.05, 4.69) is 10.4 Å². The maximum atomic E-state index is 13.1. The van der Waals surface area contributed by atoms with E-state index in [0.29, 0.717) is 6.04 Å².